The molecular formula is C21H24N2O3S. The van der Waals surface area contributed by atoms with Gasteiger partial charge in [-0.2, -0.15) is 0 Å². The van der Waals surface area contributed by atoms with Crippen LogP contribution in [0.1, 0.15) is 18.4 Å². The Labute approximate surface area is 164 Å². The third-order valence-corrected chi connectivity index (χ3v) is 5.33. The van der Waals surface area contributed by atoms with Crippen molar-refractivity contribution in [3.05, 3.63) is 54.1 Å². The van der Waals surface area contributed by atoms with Gasteiger partial charge in [0.1, 0.15) is 5.75 Å². The molecule has 5 nitrogen and oxygen atoms in total. The number of thioether (sulfide) groups is 1. The number of likely N-dealkylation sites (N-methyl/N-ethyl adjacent to an activating group) is 1. The van der Waals surface area contributed by atoms with Crippen LogP contribution in [0.5, 0.6) is 5.75 Å². The van der Waals surface area contributed by atoms with Gasteiger partial charge in [-0.3, -0.25) is 9.59 Å². The van der Waals surface area contributed by atoms with Crippen LogP contribution in [-0.2, 0) is 16.1 Å². The molecular weight excluding hydrogens is 360 g/mol. The van der Waals surface area contributed by atoms with E-state index in [2.05, 4.69) is 12.1 Å². The Hall–Kier alpha value is -2.47. The van der Waals surface area contributed by atoms with Crippen molar-refractivity contribution in [1.82, 2.24) is 4.90 Å². The summed E-state index contributed by atoms with van der Waals surface area (Å²) in [5, 5.41) is 0. The highest BCUT2D eigenvalue weighted by Gasteiger charge is 2.21. The summed E-state index contributed by atoms with van der Waals surface area (Å²) in [5.41, 5.74) is 1.96. The normalized spacial score (nSPS) is 13.7. The molecule has 2 aromatic rings. The van der Waals surface area contributed by atoms with Gasteiger partial charge in [0.25, 0.3) is 5.91 Å². The van der Waals surface area contributed by atoms with E-state index in [1.54, 1.807) is 40.7 Å². The second-order valence-corrected chi connectivity index (χ2v) is 7.41. The number of amides is 2. The second kappa shape index (κ2) is 8.95. The Morgan fingerprint density at radius 3 is 2.44 bits per heavy atom. The zero-order valence-electron chi connectivity index (χ0n) is 15.7. The van der Waals surface area contributed by atoms with Crippen molar-refractivity contribution in [2.45, 2.75) is 24.3 Å². The number of nitrogens with zero attached hydrogens (tertiary/aromatic N) is 2. The largest absolute Gasteiger partial charge is 0.484 e. The van der Waals surface area contributed by atoms with Crippen molar-refractivity contribution in [1.29, 1.82) is 0 Å². The Kier molecular flexibility index (Phi) is 6.40. The Balaban J connectivity index is 1.49. The van der Waals surface area contributed by atoms with Crippen molar-refractivity contribution in [3.8, 4) is 5.75 Å². The molecule has 0 saturated carbocycles. The first-order chi connectivity index (χ1) is 13.1. The smallest absolute Gasteiger partial charge is 0.260 e. The number of benzene rings is 2. The van der Waals surface area contributed by atoms with Crippen molar-refractivity contribution in [3.63, 3.8) is 0 Å². The predicted octanol–water partition coefficient (Wildman–Crippen LogP) is 3.57. The molecule has 0 unspecified atom stereocenters. The topological polar surface area (TPSA) is 49.9 Å². The number of carbonyl (C=O) groups is 2. The molecule has 6 heteroatoms. The van der Waals surface area contributed by atoms with Gasteiger partial charge in [0.2, 0.25) is 5.91 Å². The van der Waals surface area contributed by atoms with Gasteiger partial charge in [-0.05, 0) is 54.6 Å². The number of ether oxygens (including phenoxy) is 1. The summed E-state index contributed by atoms with van der Waals surface area (Å²) in [6, 6.07) is 15.5. The van der Waals surface area contributed by atoms with E-state index < -0.39 is 0 Å². The summed E-state index contributed by atoms with van der Waals surface area (Å²) in [6.07, 6.45) is 3.55. The molecule has 0 N–H and O–H groups in total. The monoisotopic (exact) mass is 384 g/mol. The molecule has 0 aromatic heterocycles. The number of rotatable bonds is 7. The van der Waals surface area contributed by atoms with Crippen molar-refractivity contribution in [2.75, 3.05) is 31.4 Å². The van der Waals surface area contributed by atoms with Crippen molar-refractivity contribution >= 4 is 29.3 Å². The third-order valence-electron chi connectivity index (χ3n) is 4.59. The maximum Gasteiger partial charge on any atom is 0.260 e. The Bertz CT molecular complexity index is 790. The van der Waals surface area contributed by atoms with Crippen LogP contribution in [0.25, 0.3) is 0 Å². The molecule has 2 amide bonds. The van der Waals surface area contributed by atoms with E-state index in [9.17, 15) is 9.59 Å². The molecule has 1 aliphatic heterocycles. The maximum atomic E-state index is 12.3. The molecule has 1 heterocycles. The minimum absolute atomic E-state index is 0.0125. The van der Waals surface area contributed by atoms with E-state index in [0.29, 0.717) is 18.7 Å². The van der Waals surface area contributed by atoms with E-state index in [1.165, 1.54) is 4.90 Å². The fourth-order valence-electron chi connectivity index (χ4n) is 2.99. The molecule has 0 bridgehead atoms. The molecule has 0 aliphatic carbocycles. The van der Waals surface area contributed by atoms with Gasteiger partial charge in [0, 0.05) is 37.1 Å². The third kappa shape index (κ3) is 5.04. The number of hydrogen-bond donors (Lipinski definition) is 0. The summed E-state index contributed by atoms with van der Waals surface area (Å²) in [5.74, 6) is 0.699. The van der Waals surface area contributed by atoms with Crippen LogP contribution in [0.3, 0.4) is 0 Å². The van der Waals surface area contributed by atoms with Crippen LogP contribution in [0.2, 0.25) is 0 Å². The fourth-order valence-corrected chi connectivity index (χ4v) is 3.40. The molecule has 27 heavy (non-hydrogen) atoms. The number of hydrogen-bond acceptors (Lipinski definition) is 4. The molecule has 3 rings (SSSR count). The van der Waals surface area contributed by atoms with Gasteiger partial charge in [-0.1, -0.05) is 12.1 Å². The first-order valence-corrected chi connectivity index (χ1v) is 10.2. The lowest BCUT2D eigenvalue weighted by atomic mass is 10.2. The van der Waals surface area contributed by atoms with Crippen LogP contribution in [0, 0.1) is 0 Å². The SMILES string of the molecule is CSc1ccc(CN(C)C(=O)COc2ccc(N3CCCC3=O)cc2)cc1. The standard InChI is InChI=1S/C21H24N2O3S/c1-22(14-16-5-11-19(27-2)12-6-16)21(25)15-26-18-9-7-17(8-10-18)23-13-3-4-20(23)24/h5-12H,3-4,13-15H2,1-2H3. The molecule has 2 aromatic carbocycles. The summed E-state index contributed by atoms with van der Waals surface area (Å²) < 4.78 is 5.61. The van der Waals surface area contributed by atoms with E-state index in [4.69, 9.17) is 4.74 Å². The average molecular weight is 385 g/mol. The minimum atomic E-state index is -0.0808. The fraction of sp³-hybridized carbons (Fsp3) is 0.333. The zero-order chi connectivity index (χ0) is 19.2. The molecule has 0 atom stereocenters. The average Bonchev–Trinajstić information content (AvgIpc) is 3.13. The van der Waals surface area contributed by atoms with Gasteiger partial charge in [-0.25, -0.2) is 0 Å². The summed E-state index contributed by atoms with van der Waals surface area (Å²) in [7, 11) is 1.77. The van der Waals surface area contributed by atoms with Crippen LogP contribution in [0.4, 0.5) is 5.69 Å². The second-order valence-electron chi connectivity index (χ2n) is 6.53. The molecule has 0 spiro atoms. The highest BCUT2D eigenvalue weighted by molar-refractivity contribution is 7.98. The summed E-state index contributed by atoms with van der Waals surface area (Å²) in [4.78, 5) is 28.7. The van der Waals surface area contributed by atoms with E-state index in [0.717, 1.165) is 24.2 Å². The number of anilines is 1. The predicted molar refractivity (Wildman–Crippen MR) is 108 cm³/mol. The summed E-state index contributed by atoms with van der Waals surface area (Å²) in [6.45, 7) is 1.30. The van der Waals surface area contributed by atoms with Crippen LogP contribution < -0.4 is 9.64 Å². The Morgan fingerprint density at radius 2 is 1.85 bits per heavy atom. The molecule has 142 valence electrons. The van der Waals surface area contributed by atoms with Gasteiger partial charge < -0.3 is 14.5 Å². The van der Waals surface area contributed by atoms with Crippen molar-refractivity contribution in [2.24, 2.45) is 0 Å². The molecule has 1 aliphatic rings. The van der Waals surface area contributed by atoms with Gasteiger partial charge in [0.15, 0.2) is 6.61 Å². The highest BCUT2D eigenvalue weighted by Crippen LogP contribution is 2.24. The Morgan fingerprint density at radius 1 is 1.15 bits per heavy atom. The maximum absolute atomic E-state index is 12.3. The van der Waals surface area contributed by atoms with Gasteiger partial charge in [-0.15, -0.1) is 11.8 Å². The van der Waals surface area contributed by atoms with E-state index >= 15 is 0 Å². The van der Waals surface area contributed by atoms with E-state index in [1.807, 2.05) is 30.5 Å². The molecule has 0 radical (unpaired) electrons. The molecule has 1 saturated heterocycles. The summed E-state index contributed by atoms with van der Waals surface area (Å²) >= 11 is 1.70. The lowest BCUT2D eigenvalue weighted by molar-refractivity contribution is -0.132. The quantitative estimate of drug-likeness (QED) is 0.685. The first kappa shape index (κ1) is 19.3. The van der Waals surface area contributed by atoms with Crippen LogP contribution in [-0.4, -0.2) is 43.2 Å². The molecule has 1 fully saturated rings. The minimum Gasteiger partial charge on any atom is -0.484 e. The van der Waals surface area contributed by atoms with Gasteiger partial charge in [0.05, 0.1) is 0 Å². The lowest BCUT2D eigenvalue weighted by Gasteiger charge is -2.18. The zero-order valence-corrected chi connectivity index (χ0v) is 16.5. The van der Waals surface area contributed by atoms with E-state index in [-0.39, 0.29) is 18.4 Å². The highest BCUT2D eigenvalue weighted by atomic mass is 32.2. The lowest BCUT2D eigenvalue weighted by Crippen LogP contribution is -2.30. The van der Waals surface area contributed by atoms with Crippen LogP contribution >= 0.6 is 11.8 Å². The number of carbonyl (C=O) groups excluding carboxylic acids is 2. The first-order valence-electron chi connectivity index (χ1n) is 8.97. The van der Waals surface area contributed by atoms with Crippen molar-refractivity contribution < 1.29 is 14.3 Å². The van der Waals surface area contributed by atoms with Gasteiger partial charge >= 0.3 is 0 Å². The van der Waals surface area contributed by atoms with Crippen LogP contribution in [0.15, 0.2) is 53.4 Å².